The Hall–Kier alpha value is -4.50. The van der Waals surface area contributed by atoms with Crippen molar-refractivity contribution in [2.75, 3.05) is 31.7 Å². The van der Waals surface area contributed by atoms with Gasteiger partial charge in [0.1, 0.15) is 12.4 Å². The van der Waals surface area contributed by atoms with Crippen molar-refractivity contribution in [1.29, 1.82) is 0 Å². The zero-order chi connectivity index (χ0) is 31.7. The van der Waals surface area contributed by atoms with E-state index in [1.165, 1.54) is 24.0 Å². The number of nitrogens with zero attached hydrogens (tertiary/aromatic N) is 3. The standard InChI is InChI=1S/C26H38N4O12/c1-5-8-24(32)27-20-11-12-23(22(15-20)19(4)31)39-17-21(42-26(34)10-7-14-41-30(37)38)16-28(18(2)3)25(33)9-6-13-40-29(35)36/h11-12,15,18,21H,5-10,13-14,16-17H2,1-4H3,(H,27,32). The van der Waals surface area contributed by atoms with E-state index in [9.17, 15) is 39.4 Å². The van der Waals surface area contributed by atoms with Crippen LogP contribution in [-0.4, -0.2) is 77.2 Å². The van der Waals surface area contributed by atoms with Gasteiger partial charge in [0.15, 0.2) is 11.9 Å². The van der Waals surface area contributed by atoms with Crippen LogP contribution in [0.1, 0.15) is 76.6 Å². The molecule has 16 nitrogen and oxygen atoms in total. The van der Waals surface area contributed by atoms with Crippen LogP contribution in [-0.2, 0) is 28.8 Å². The fraction of sp³-hybridized carbons (Fsp3) is 0.615. The quantitative estimate of drug-likeness (QED) is 0.0712. The van der Waals surface area contributed by atoms with Crippen LogP contribution in [0.5, 0.6) is 5.75 Å². The van der Waals surface area contributed by atoms with Gasteiger partial charge in [-0.2, -0.15) is 0 Å². The van der Waals surface area contributed by atoms with Gasteiger partial charge in [0.05, 0.1) is 25.3 Å². The molecule has 0 fully saturated rings. The van der Waals surface area contributed by atoms with Crippen LogP contribution >= 0.6 is 0 Å². The van der Waals surface area contributed by atoms with Gasteiger partial charge >= 0.3 is 5.97 Å². The summed E-state index contributed by atoms with van der Waals surface area (Å²) >= 11 is 0. The Morgan fingerprint density at radius 3 is 2.14 bits per heavy atom. The monoisotopic (exact) mass is 598 g/mol. The molecule has 1 N–H and O–H groups in total. The molecule has 0 radical (unpaired) electrons. The molecule has 0 spiro atoms. The Morgan fingerprint density at radius 1 is 0.976 bits per heavy atom. The lowest BCUT2D eigenvalue weighted by molar-refractivity contribution is -0.757. The summed E-state index contributed by atoms with van der Waals surface area (Å²) in [6.07, 6.45) is -0.224. The topological polar surface area (TPSA) is 207 Å². The third-order valence-electron chi connectivity index (χ3n) is 5.64. The van der Waals surface area contributed by atoms with Gasteiger partial charge in [-0.1, -0.05) is 6.92 Å². The molecule has 1 aromatic rings. The summed E-state index contributed by atoms with van der Waals surface area (Å²) in [6, 6.07) is 4.18. The SMILES string of the molecule is CCCC(=O)Nc1ccc(OCC(CN(C(=O)CCCO[N+](=O)[O-])C(C)C)OC(=O)CCCO[N+](=O)[O-])c(C(C)=O)c1. The van der Waals surface area contributed by atoms with E-state index in [4.69, 9.17) is 9.47 Å². The third kappa shape index (κ3) is 14.2. The summed E-state index contributed by atoms with van der Waals surface area (Å²) in [6.45, 7) is 5.71. The van der Waals surface area contributed by atoms with E-state index in [1.54, 1.807) is 19.9 Å². The number of hydrogen-bond donors (Lipinski definition) is 1. The first-order valence-electron chi connectivity index (χ1n) is 13.4. The van der Waals surface area contributed by atoms with E-state index in [2.05, 4.69) is 15.0 Å². The van der Waals surface area contributed by atoms with E-state index in [0.717, 1.165) is 0 Å². The molecule has 0 heterocycles. The highest BCUT2D eigenvalue weighted by atomic mass is 17.0. The Kier molecular flexibility index (Phi) is 15.9. The molecule has 2 amide bonds. The first-order valence-corrected chi connectivity index (χ1v) is 13.4. The van der Waals surface area contributed by atoms with E-state index >= 15 is 0 Å². The van der Waals surface area contributed by atoms with Crippen LogP contribution < -0.4 is 10.1 Å². The highest BCUT2D eigenvalue weighted by molar-refractivity contribution is 5.99. The number of nitrogens with one attached hydrogen (secondary N) is 1. The second kappa shape index (κ2) is 18.8. The van der Waals surface area contributed by atoms with Crippen LogP contribution in [0.2, 0.25) is 0 Å². The first-order chi connectivity index (χ1) is 19.8. The van der Waals surface area contributed by atoms with Crippen molar-refractivity contribution in [1.82, 2.24) is 4.90 Å². The number of Topliss-reactive ketones (excluding diaryl/α,β-unsaturated/α-hetero) is 1. The molecule has 42 heavy (non-hydrogen) atoms. The van der Waals surface area contributed by atoms with Gasteiger partial charge in [0, 0.05) is 31.0 Å². The highest BCUT2D eigenvalue weighted by Gasteiger charge is 2.25. The summed E-state index contributed by atoms with van der Waals surface area (Å²) in [5.74, 6) is -1.47. The molecular weight excluding hydrogens is 560 g/mol. The average molecular weight is 599 g/mol. The number of esters is 1. The second-order valence-electron chi connectivity index (χ2n) is 9.45. The minimum atomic E-state index is -1.01. The van der Waals surface area contributed by atoms with Crippen molar-refractivity contribution in [2.24, 2.45) is 0 Å². The zero-order valence-electron chi connectivity index (χ0n) is 24.2. The number of rotatable bonds is 21. The molecule has 0 aromatic heterocycles. The lowest BCUT2D eigenvalue weighted by Gasteiger charge is -2.31. The lowest BCUT2D eigenvalue weighted by Crippen LogP contribution is -2.45. The van der Waals surface area contributed by atoms with Gasteiger partial charge in [0.2, 0.25) is 11.8 Å². The van der Waals surface area contributed by atoms with Gasteiger partial charge < -0.3 is 29.4 Å². The molecule has 0 saturated heterocycles. The van der Waals surface area contributed by atoms with Crippen molar-refractivity contribution >= 4 is 29.3 Å². The van der Waals surface area contributed by atoms with Crippen LogP contribution in [0.25, 0.3) is 0 Å². The van der Waals surface area contributed by atoms with Gasteiger partial charge in [-0.3, -0.25) is 19.2 Å². The summed E-state index contributed by atoms with van der Waals surface area (Å²) in [5, 5.41) is 21.5. The molecule has 0 aliphatic heterocycles. The molecule has 234 valence electrons. The average Bonchev–Trinajstić information content (AvgIpc) is 2.90. The van der Waals surface area contributed by atoms with E-state index < -0.39 is 22.2 Å². The Labute approximate surface area is 242 Å². The number of benzene rings is 1. The molecule has 0 aliphatic carbocycles. The minimum absolute atomic E-state index is 0.0103. The Bertz CT molecular complexity index is 1100. The van der Waals surface area contributed by atoms with Crippen LogP contribution in [0, 0.1) is 20.2 Å². The Balaban J connectivity index is 3.06. The minimum Gasteiger partial charge on any atom is -0.489 e. The van der Waals surface area contributed by atoms with Gasteiger partial charge in [-0.15, -0.1) is 20.2 Å². The molecule has 0 saturated carbocycles. The third-order valence-corrected chi connectivity index (χ3v) is 5.64. The summed E-state index contributed by atoms with van der Waals surface area (Å²) < 4.78 is 11.4. The maximum Gasteiger partial charge on any atom is 0.306 e. The normalized spacial score (nSPS) is 11.3. The summed E-state index contributed by atoms with van der Waals surface area (Å²) in [5.41, 5.74) is 0.581. The second-order valence-corrected chi connectivity index (χ2v) is 9.45. The predicted molar refractivity (Wildman–Crippen MR) is 147 cm³/mol. The van der Waals surface area contributed by atoms with Crippen molar-refractivity contribution in [2.45, 2.75) is 78.4 Å². The number of hydrogen-bond acceptors (Lipinski definition) is 12. The van der Waals surface area contributed by atoms with Crippen molar-refractivity contribution < 1.29 is 48.5 Å². The van der Waals surface area contributed by atoms with E-state index in [0.29, 0.717) is 18.5 Å². The smallest absolute Gasteiger partial charge is 0.306 e. The van der Waals surface area contributed by atoms with E-state index in [-0.39, 0.29) is 87.0 Å². The van der Waals surface area contributed by atoms with Crippen molar-refractivity contribution in [3.8, 4) is 5.75 Å². The first kappa shape index (κ1) is 35.5. The van der Waals surface area contributed by atoms with Crippen molar-refractivity contribution in [3.05, 3.63) is 44.0 Å². The number of ether oxygens (including phenoxy) is 2. The maximum absolute atomic E-state index is 12.9. The summed E-state index contributed by atoms with van der Waals surface area (Å²) in [7, 11) is 0. The number of ketones is 1. The zero-order valence-corrected chi connectivity index (χ0v) is 24.2. The fourth-order valence-corrected chi connectivity index (χ4v) is 3.69. The number of amides is 2. The molecule has 1 atom stereocenters. The largest absolute Gasteiger partial charge is 0.489 e. The molecule has 16 heteroatoms. The molecule has 0 aliphatic rings. The number of anilines is 1. The molecule has 1 rings (SSSR count). The van der Waals surface area contributed by atoms with E-state index in [1.807, 2.05) is 6.92 Å². The predicted octanol–water partition coefficient (Wildman–Crippen LogP) is 3.13. The molecule has 0 bridgehead atoms. The van der Waals surface area contributed by atoms with Gasteiger partial charge in [-0.05, 0) is 58.2 Å². The number of carbonyl (C=O) groups excluding carboxylic acids is 4. The maximum atomic E-state index is 12.9. The fourth-order valence-electron chi connectivity index (χ4n) is 3.69. The number of carbonyl (C=O) groups is 4. The van der Waals surface area contributed by atoms with Crippen LogP contribution in [0.15, 0.2) is 18.2 Å². The van der Waals surface area contributed by atoms with Crippen LogP contribution in [0.3, 0.4) is 0 Å². The van der Waals surface area contributed by atoms with Gasteiger partial charge in [0.25, 0.3) is 10.2 Å². The molecule has 1 aromatic carbocycles. The summed E-state index contributed by atoms with van der Waals surface area (Å²) in [4.78, 5) is 80.2. The highest BCUT2D eigenvalue weighted by Crippen LogP contribution is 2.24. The van der Waals surface area contributed by atoms with Gasteiger partial charge in [-0.25, -0.2) is 0 Å². The van der Waals surface area contributed by atoms with Crippen molar-refractivity contribution in [3.63, 3.8) is 0 Å². The lowest BCUT2D eigenvalue weighted by atomic mass is 10.1. The Morgan fingerprint density at radius 2 is 1.60 bits per heavy atom. The molecule has 1 unspecified atom stereocenters. The van der Waals surface area contributed by atoms with Crippen LogP contribution in [0.4, 0.5) is 5.69 Å². The molecular formula is C26H38N4O12.